The number of nitrogens with one attached hydrogen (secondary N) is 2. The SMILES string of the molecule is CCCN[C@@H]1CCc2cc(CNS(=O)(=O)c3ccc(Cl)cc3)ccc2C1. The van der Waals surface area contributed by atoms with Gasteiger partial charge >= 0.3 is 0 Å². The van der Waals surface area contributed by atoms with Gasteiger partial charge in [0.1, 0.15) is 0 Å². The van der Waals surface area contributed by atoms with Crippen LogP contribution in [0, 0.1) is 0 Å². The van der Waals surface area contributed by atoms with Crippen molar-refractivity contribution in [3.8, 4) is 0 Å². The minimum absolute atomic E-state index is 0.227. The predicted octanol–water partition coefficient (Wildman–Crippen LogP) is 3.68. The van der Waals surface area contributed by atoms with Crippen molar-refractivity contribution in [3.63, 3.8) is 0 Å². The van der Waals surface area contributed by atoms with Crippen LogP contribution >= 0.6 is 11.6 Å². The molecule has 0 aliphatic heterocycles. The Kier molecular flexibility index (Phi) is 6.35. The number of aryl methyl sites for hydroxylation is 1. The first kappa shape index (κ1) is 19.4. The van der Waals surface area contributed by atoms with Gasteiger partial charge in [-0.15, -0.1) is 0 Å². The molecule has 2 aromatic rings. The van der Waals surface area contributed by atoms with E-state index in [1.54, 1.807) is 12.1 Å². The molecular formula is C20H25ClN2O2S. The van der Waals surface area contributed by atoms with E-state index in [2.05, 4.69) is 29.1 Å². The van der Waals surface area contributed by atoms with E-state index >= 15 is 0 Å². The maximum Gasteiger partial charge on any atom is 0.240 e. The van der Waals surface area contributed by atoms with Crippen molar-refractivity contribution in [2.24, 2.45) is 0 Å². The quantitative estimate of drug-likeness (QED) is 0.755. The first-order valence-electron chi connectivity index (χ1n) is 9.07. The van der Waals surface area contributed by atoms with Crippen LogP contribution in [-0.4, -0.2) is 21.0 Å². The molecule has 26 heavy (non-hydrogen) atoms. The first-order chi connectivity index (χ1) is 12.5. The van der Waals surface area contributed by atoms with Gasteiger partial charge < -0.3 is 5.32 Å². The van der Waals surface area contributed by atoms with E-state index in [0.29, 0.717) is 11.1 Å². The second kappa shape index (κ2) is 8.53. The van der Waals surface area contributed by atoms with Crippen LogP contribution in [-0.2, 0) is 29.4 Å². The lowest BCUT2D eigenvalue weighted by molar-refractivity contribution is 0.459. The monoisotopic (exact) mass is 392 g/mol. The molecule has 0 fully saturated rings. The van der Waals surface area contributed by atoms with Gasteiger partial charge in [0.25, 0.3) is 0 Å². The van der Waals surface area contributed by atoms with Gasteiger partial charge in [0, 0.05) is 17.6 Å². The number of rotatable bonds is 7. The van der Waals surface area contributed by atoms with Gasteiger partial charge in [-0.05, 0) is 73.2 Å². The van der Waals surface area contributed by atoms with Gasteiger partial charge in [-0.1, -0.05) is 36.7 Å². The molecule has 4 nitrogen and oxygen atoms in total. The van der Waals surface area contributed by atoms with Gasteiger partial charge in [-0.25, -0.2) is 13.1 Å². The van der Waals surface area contributed by atoms with Gasteiger partial charge in [-0.3, -0.25) is 0 Å². The highest BCUT2D eigenvalue weighted by Crippen LogP contribution is 2.23. The maximum absolute atomic E-state index is 12.4. The zero-order chi connectivity index (χ0) is 18.6. The highest BCUT2D eigenvalue weighted by Gasteiger charge is 2.19. The van der Waals surface area contributed by atoms with Gasteiger partial charge in [0.2, 0.25) is 10.0 Å². The van der Waals surface area contributed by atoms with Crippen LogP contribution in [0.25, 0.3) is 0 Å². The number of hydrogen-bond donors (Lipinski definition) is 2. The molecule has 6 heteroatoms. The minimum Gasteiger partial charge on any atom is -0.314 e. The summed E-state index contributed by atoms with van der Waals surface area (Å²) in [5.41, 5.74) is 3.69. The van der Waals surface area contributed by atoms with Crippen LogP contribution < -0.4 is 10.0 Å². The van der Waals surface area contributed by atoms with E-state index in [1.165, 1.54) is 23.3 Å². The number of hydrogen-bond acceptors (Lipinski definition) is 3. The van der Waals surface area contributed by atoms with Crippen molar-refractivity contribution in [1.29, 1.82) is 0 Å². The highest BCUT2D eigenvalue weighted by molar-refractivity contribution is 7.89. The van der Waals surface area contributed by atoms with Crippen LogP contribution in [0.3, 0.4) is 0 Å². The third kappa shape index (κ3) is 4.86. The Bertz CT molecular complexity index is 851. The Morgan fingerprint density at radius 1 is 1.12 bits per heavy atom. The zero-order valence-corrected chi connectivity index (χ0v) is 16.5. The molecule has 0 unspecified atom stereocenters. The molecule has 0 saturated carbocycles. The number of sulfonamides is 1. The molecule has 2 aromatic carbocycles. The lowest BCUT2D eigenvalue weighted by Crippen LogP contribution is -2.35. The molecular weight excluding hydrogens is 368 g/mol. The topological polar surface area (TPSA) is 58.2 Å². The smallest absolute Gasteiger partial charge is 0.240 e. The minimum atomic E-state index is -3.53. The van der Waals surface area contributed by atoms with Crippen molar-refractivity contribution in [3.05, 3.63) is 64.2 Å². The average molecular weight is 393 g/mol. The molecule has 2 N–H and O–H groups in total. The lowest BCUT2D eigenvalue weighted by atomic mass is 9.87. The molecule has 1 aliphatic carbocycles. The second-order valence-electron chi connectivity index (χ2n) is 6.78. The van der Waals surface area contributed by atoms with Crippen LogP contribution in [0.4, 0.5) is 0 Å². The van der Waals surface area contributed by atoms with Crippen molar-refractivity contribution in [1.82, 2.24) is 10.0 Å². The Morgan fingerprint density at radius 2 is 1.88 bits per heavy atom. The molecule has 1 atom stereocenters. The fraction of sp³-hybridized carbons (Fsp3) is 0.400. The third-order valence-electron chi connectivity index (χ3n) is 4.77. The van der Waals surface area contributed by atoms with Crippen LogP contribution in [0.2, 0.25) is 5.02 Å². The molecule has 0 saturated heterocycles. The van der Waals surface area contributed by atoms with E-state index in [9.17, 15) is 8.42 Å². The Hall–Kier alpha value is -1.40. The summed E-state index contributed by atoms with van der Waals surface area (Å²) in [4.78, 5) is 0.227. The summed E-state index contributed by atoms with van der Waals surface area (Å²) < 4.78 is 27.4. The van der Waals surface area contributed by atoms with E-state index in [1.807, 2.05) is 6.07 Å². The first-order valence-corrected chi connectivity index (χ1v) is 10.9. The molecule has 0 radical (unpaired) electrons. The summed E-state index contributed by atoms with van der Waals surface area (Å²) >= 11 is 5.82. The molecule has 3 rings (SSSR count). The number of fused-ring (bicyclic) bond motifs is 1. The summed E-state index contributed by atoms with van der Waals surface area (Å²) in [5.74, 6) is 0. The normalized spacial score (nSPS) is 17.1. The number of benzene rings is 2. The third-order valence-corrected chi connectivity index (χ3v) is 6.44. The molecule has 0 heterocycles. The number of halogens is 1. The predicted molar refractivity (Wildman–Crippen MR) is 106 cm³/mol. The molecule has 0 aromatic heterocycles. The fourth-order valence-electron chi connectivity index (χ4n) is 3.32. The lowest BCUT2D eigenvalue weighted by Gasteiger charge is -2.26. The molecule has 0 bridgehead atoms. The van der Waals surface area contributed by atoms with Crippen LogP contribution in [0.15, 0.2) is 47.4 Å². The summed E-state index contributed by atoms with van der Waals surface area (Å²) in [6.45, 7) is 3.53. The maximum atomic E-state index is 12.4. The van der Waals surface area contributed by atoms with Gasteiger partial charge in [0.05, 0.1) is 4.90 Å². The summed E-state index contributed by atoms with van der Waals surface area (Å²) in [6.07, 6.45) is 4.36. The van der Waals surface area contributed by atoms with Gasteiger partial charge in [0.15, 0.2) is 0 Å². The molecule has 1 aliphatic rings. The Balaban J connectivity index is 1.64. The fourth-order valence-corrected chi connectivity index (χ4v) is 4.46. The van der Waals surface area contributed by atoms with Crippen molar-refractivity contribution in [2.75, 3.05) is 6.54 Å². The average Bonchev–Trinajstić information content (AvgIpc) is 2.65. The zero-order valence-electron chi connectivity index (χ0n) is 15.0. The second-order valence-corrected chi connectivity index (χ2v) is 8.98. The van der Waals surface area contributed by atoms with E-state index < -0.39 is 10.0 Å². The highest BCUT2D eigenvalue weighted by atomic mass is 35.5. The molecule has 140 valence electrons. The molecule has 0 spiro atoms. The standard InChI is InChI=1S/C20H25ClN2O2S/c1-2-11-22-19-8-5-16-12-15(3-4-17(16)13-19)14-23-26(24,25)20-9-6-18(21)7-10-20/h3-4,6-7,9-10,12,19,22-23H,2,5,8,11,13-14H2,1H3/t19-/m1/s1. The van der Waals surface area contributed by atoms with Crippen molar-refractivity contribution in [2.45, 2.75) is 50.1 Å². The summed E-state index contributed by atoms with van der Waals surface area (Å²) in [5, 5.41) is 4.11. The van der Waals surface area contributed by atoms with Crippen molar-refractivity contribution < 1.29 is 8.42 Å². The Labute approximate surface area is 161 Å². The molecule has 0 amide bonds. The van der Waals surface area contributed by atoms with Crippen LogP contribution in [0.1, 0.15) is 36.5 Å². The van der Waals surface area contributed by atoms with Gasteiger partial charge in [-0.2, -0.15) is 0 Å². The Morgan fingerprint density at radius 3 is 2.62 bits per heavy atom. The van der Waals surface area contributed by atoms with E-state index in [-0.39, 0.29) is 11.4 Å². The summed E-state index contributed by atoms with van der Waals surface area (Å²) in [6, 6.07) is 13.0. The largest absolute Gasteiger partial charge is 0.314 e. The van der Waals surface area contributed by atoms with E-state index in [4.69, 9.17) is 11.6 Å². The van der Waals surface area contributed by atoms with E-state index in [0.717, 1.165) is 37.8 Å². The van der Waals surface area contributed by atoms with Crippen LogP contribution in [0.5, 0.6) is 0 Å². The summed E-state index contributed by atoms with van der Waals surface area (Å²) in [7, 11) is -3.53. The van der Waals surface area contributed by atoms with Crippen molar-refractivity contribution >= 4 is 21.6 Å².